The first-order valence-electron chi connectivity index (χ1n) is 9.89. The van der Waals surface area contributed by atoms with Gasteiger partial charge in [-0.2, -0.15) is 0 Å². The third-order valence-electron chi connectivity index (χ3n) is 5.33. The van der Waals surface area contributed by atoms with Crippen LogP contribution >= 0.6 is 35.3 Å². The molecule has 29 heavy (non-hydrogen) atoms. The number of nitrogens with one attached hydrogen (secondary N) is 2. The molecule has 3 heterocycles. The van der Waals surface area contributed by atoms with Crippen molar-refractivity contribution < 1.29 is 0 Å². The number of piperidine rings is 1. The molecule has 160 valence electrons. The number of likely N-dealkylation sites (tertiary alicyclic amines) is 1. The molecule has 2 aromatic heterocycles. The second kappa shape index (κ2) is 11.7. The average molecular weight is 529 g/mol. The van der Waals surface area contributed by atoms with E-state index in [2.05, 4.69) is 56.1 Å². The van der Waals surface area contributed by atoms with Crippen molar-refractivity contribution in [2.75, 3.05) is 46.2 Å². The Hall–Kier alpha value is -1.39. The Morgan fingerprint density at radius 1 is 1.31 bits per heavy atom. The van der Waals surface area contributed by atoms with Gasteiger partial charge in [0.15, 0.2) is 5.96 Å². The van der Waals surface area contributed by atoms with Gasteiger partial charge in [0.1, 0.15) is 5.82 Å². The normalized spacial score (nSPS) is 20.1. The van der Waals surface area contributed by atoms with Crippen LogP contribution in [0.2, 0.25) is 0 Å². The standard InChI is InChI=1S/C21H32N6S.HI/c1-22-21(25-15-17-8-5-11-23-20(17)26(2)3)24-14-16-9-6-12-27(4)19(16)18-10-7-13-28-18;/h5,7-8,10-11,13,16,19H,6,9,12,14-15H2,1-4H3,(H2,22,24,25);1H. The number of aromatic nitrogens is 1. The van der Waals surface area contributed by atoms with E-state index in [1.54, 1.807) is 0 Å². The van der Waals surface area contributed by atoms with Crippen LogP contribution in [0.5, 0.6) is 0 Å². The second-order valence-corrected chi connectivity index (χ2v) is 8.51. The summed E-state index contributed by atoms with van der Waals surface area (Å²) < 4.78 is 0. The van der Waals surface area contributed by atoms with Crippen LogP contribution in [0.15, 0.2) is 40.8 Å². The first kappa shape index (κ1) is 23.9. The predicted octanol–water partition coefficient (Wildman–Crippen LogP) is 3.58. The molecule has 0 saturated carbocycles. The zero-order valence-electron chi connectivity index (χ0n) is 17.8. The number of anilines is 1. The molecule has 6 nitrogen and oxygen atoms in total. The van der Waals surface area contributed by atoms with Gasteiger partial charge >= 0.3 is 0 Å². The molecule has 3 rings (SSSR count). The van der Waals surface area contributed by atoms with E-state index in [4.69, 9.17) is 0 Å². The molecule has 1 aliphatic rings. The van der Waals surface area contributed by atoms with Crippen molar-refractivity contribution >= 4 is 47.1 Å². The van der Waals surface area contributed by atoms with Gasteiger partial charge in [-0.15, -0.1) is 35.3 Å². The van der Waals surface area contributed by atoms with Crippen molar-refractivity contribution in [3.63, 3.8) is 0 Å². The van der Waals surface area contributed by atoms with Gasteiger partial charge in [-0.05, 0) is 49.9 Å². The highest BCUT2D eigenvalue weighted by molar-refractivity contribution is 14.0. The van der Waals surface area contributed by atoms with Gasteiger partial charge in [-0.25, -0.2) is 4.98 Å². The Morgan fingerprint density at radius 3 is 2.83 bits per heavy atom. The van der Waals surface area contributed by atoms with Crippen LogP contribution in [0, 0.1) is 5.92 Å². The third kappa shape index (κ3) is 6.29. The van der Waals surface area contributed by atoms with E-state index in [1.165, 1.54) is 24.3 Å². The maximum Gasteiger partial charge on any atom is 0.191 e. The molecule has 1 fully saturated rings. The van der Waals surface area contributed by atoms with Gasteiger partial charge < -0.3 is 15.5 Å². The second-order valence-electron chi connectivity index (χ2n) is 7.53. The molecule has 0 aromatic carbocycles. The summed E-state index contributed by atoms with van der Waals surface area (Å²) in [7, 11) is 8.11. The molecule has 0 radical (unpaired) electrons. The predicted molar refractivity (Wildman–Crippen MR) is 135 cm³/mol. The van der Waals surface area contributed by atoms with Crippen LogP contribution in [0.1, 0.15) is 29.3 Å². The molecule has 2 unspecified atom stereocenters. The SMILES string of the molecule is CN=C(NCc1cccnc1N(C)C)NCC1CCCN(C)C1c1cccs1.I. The average Bonchev–Trinajstić information content (AvgIpc) is 3.22. The lowest BCUT2D eigenvalue weighted by Crippen LogP contribution is -2.44. The van der Waals surface area contributed by atoms with Crippen molar-refractivity contribution in [1.29, 1.82) is 0 Å². The molecular weight excluding hydrogens is 495 g/mol. The first-order valence-corrected chi connectivity index (χ1v) is 10.8. The topological polar surface area (TPSA) is 55.8 Å². The van der Waals surface area contributed by atoms with Gasteiger partial charge in [0.05, 0.1) is 0 Å². The van der Waals surface area contributed by atoms with Crippen molar-refractivity contribution in [2.24, 2.45) is 10.9 Å². The molecule has 0 amide bonds. The number of nitrogens with zero attached hydrogens (tertiary/aromatic N) is 4. The largest absolute Gasteiger partial charge is 0.362 e. The highest BCUT2D eigenvalue weighted by Crippen LogP contribution is 2.36. The monoisotopic (exact) mass is 528 g/mol. The highest BCUT2D eigenvalue weighted by Gasteiger charge is 2.31. The minimum absolute atomic E-state index is 0. The van der Waals surface area contributed by atoms with Gasteiger partial charge in [0.25, 0.3) is 0 Å². The number of halogens is 1. The Morgan fingerprint density at radius 2 is 2.14 bits per heavy atom. The number of rotatable bonds is 6. The Kier molecular flexibility index (Phi) is 9.64. The number of hydrogen-bond acceptors (Lipinski definition) is 5. The van der Waals surface area contributed by atoms with E-state index in [0.29, 0.717) is 18.5 Å². The molecule has 1 saturated heterocycles. The Balaban J connectivity index is 0.00000300. The van der Waals surface area contributed by atoms with Crippen LogP contribution in [0.25, 0.3) is 0 Å². The van der Waals surface area contributed by atoms with E-state index in [0.717, 1.165) is 23.9 Å². The lowest BCUT2D eigenvalue weighted by molar-refractivity contribution is 0.125. The molecule has 2 aromatic rings. The Bertz CT molecular complexity index is 764. The van der Waals surface area contributed by atoms with Gasteiger partial charge in [-0.1, -0.05) is 12.1 Å². The van der Waals surface area contributed by atoms with Crippen molar-refractivity contribution in [3.8, 4) is 0 Å². The minimum Gasteiger partial charge on any atom is -0.362 e. The summed E-state index contributed by atoms with van der Waals surface area (Å²) in [5.41, 5.74) is 1.16. The molecule has 0 spiro atoms. The Labute approximate surface area is 195 Å². The molecule has 2 atom stereocenters. The first-order chi connectivity index (χ1) is 13.6. The fourth-order valence-electron chi connectivity index (χ4n) is 3.98. The molecule has 1 aliphatic heterocycles. The van der Waals surface area contributed by atoms with Gasteiger partial charge in [-0.3, -0.25) is 9.89 Å². The van der Waals surface area contributed by atoms with E-state index in [-0.39, 0.29) is 24.0 Å². The molecule has 0 bridgehead atoms. The number of pyridine rings is 1. The van der Waals surface area contributed by atoms with Crippen LogP contribution < -0.4 is 15.5 Å². The van der Waals surface area contributed by atoms with Gasteiger partial charge in [0, 0.05) is 56.9 Å². The number of thiophene rings is 1. The summed E-state index contributed by atoms with van der Waals surface area (Å²) in [5.74, 6) is 2.40. The van der Waals surface area contributed by atoms with E-state index < -0.39 is 0 Å². The summed E-state index contributed by atoms with van der Waals surface area (Å²) in [5, 5.41) is 9.18. The number of guanidine groups is 1. The summed E-state index contributed by atoms with van der Waals surface area (Å²) in [6.45, 7) is 2.78. The summed E-state index contributed by atoms with van der Waals surface area (Å²) in [4.78, 5) is 14.9. The maximum absolute atomic E-state index is 4.47. The van der Waals surface area contributed by atoms with E-state index >= 15 is 0 Å². The third-order valence-corrected chi connectivity index (χ3v) is 6.28. The van der Waals surface area contributed by atoms with Crippen molar-refractivity contribution in [2.45, 2.75) is 25.4 Å². The zero-order chi connectivity index (χ0) is 19.9. The lowest BCUT2D eigenvalue weighted by Gasteiger charge is -2.39. The number of aliphatic imine (C=N–C) groups is 1. The maximum atomic E-state index is 4.47. The molecular formula is C21H33IN6S. The summed E-state index contributed by atoms with van der Waals surface area (Å²) in [6, 6.07) is 8.99. The number of hydrogen-bond donors (Lipinski definition) is 2. The highest BCUT2D eigenvalue weighted by atomic mass is 127. The van der Waals surface area contributed by atoms with E-state index in [9.17, 15) is 0 Å². The van der Waals surface area contributed by atoms with Gasteiger partial charge in [0.2, 0.25) is 0 Å². The lowest BCUT2D eigenvalue weighted by atomic mass is 9.88. The quantitative estimate of drug-likeness (QED) is 0.341. The molecule has 2 N–H and O–H groups in total. The fourth-order valence-corrected chi connectivity index (χ4v) is 4.96. The minimum atomic E-state index is 0. The fraction of sp³-hybridized carbons (Fsp3) is 0.524. The molecule has 0 aliphatic carbocycles. The van der Waals surface area contributed by atoms with Crippen LogP contribution in [-0.2, 0) is 6.54 Å². The van der Waals surface area contributed by atoms with Crippen molar-refractivity contribution in [1.82, 2.24) is 20.5 Å². The molecule has 8 heteroatoms. The van der Waals surface area contributed by atoms with Crippen LogP contribution in [0.3, 0.4) is 0 Å². The van der Waals surface area contributed by atoms with E-state index in [1.807, 2.05) is 49.6 Å². The van der Waals surface area contributed by atoms with Crippen LogP contribution in [0.4, 0.5) is 5.82 Å². The summed E-state index contributed by atoms with van der Waals surface area (Å²) >= 11 is 1.86. The van der Waals surface area contributed by atoms with Crippen molar-refractivity contribution in [3.05, 3.63) is 46.3 Å². The summed E-state index contributed by atoms with van der Waals surface area (Å²) in [6.07, 6.45) is 4.32. The van der Waals surface area contributed by atoms with Crippen LogP contribution in [-0.4, -0.2) is 57.1 Å². The zero-order valence-corrected chi connectivity index (χ0v) is 20.9. The smallest absolute Gasteiger partial charge is 0.191 e.